The highest BCUT2D eigenvalue weighted by Crippen LogP contribution is 2.37. The normalized spacial score (nSPS) is 25.4. The van der Waals surface area contributed by atoms with Crippen LogP contribution < -0.4 is 10.1 Å². The number of aliphatic hydroxyl groups excluding tert-OH is 1. The smallest absolute Gasteiger partial charge is 0.251 e. The third kappa shape index (κ3) is 3.12. The molecule has 1 amide bonds. The van der Waals surface area contributed by atoms with E-state index in [1.165, 1.54) is 0 Å². The third-order valence-electron chi connectivity index (χ3n) is 4.16. The number of aliphatic hydroxyl groups is 1. The van der Waals surface area contributed by atoms with E-state index in [-0.39, 0.29) is 24.0 Å². The van der Waals surface area contributed by atoms with Gasteiger partial charge in [-0.05, 0) is 38.0 Å². The zero-order valence-electron chi connectivity index (χ0n) is 12.2. The van der Waals surface area contributed by atoms with Crippen molar-refractivity contribution in [3.63, 3.8) is 0 Å². The third-order valence-corrected chi connectivity index (χ3v) is 4.16. The summed E-state index contributed by atoms with van der Waals surface area (Å²) in [7, 11) is 0. The first-order chi connectivity index (χ1) is 9.59. The van der Waals surface area contributed by atoms with Crippen LogP contribution >= 0.6 is 0 Å². The van der Waals surface area contributed by atoms with Gasteiger partial charge in [0.25, 0.3) is 5.91 Å². The lowest BCUT2D eigenvalue weighted by Gasteiger charge is -2.30. The van der Waals surface area contributed by atoms with E-state index in [0.29, 0.717) is 17.9 Å². The predicted molar refractivity (Wildman–Crippen MR) is 77.9 cm³/mol. The van der Waals surface area contributed by atoms with Crippen LogP contribution in [-0.4, -0.2) is 30.3 Å². The van der Waals surface area contributed by atoms with Crippen LogP contribution in [0.1, 0.15) is 43.5 Å². The molecule has 4 heteroatoms. The molecule has 2 atom stereocenters. The van der Waals surface area contributed by atoms with Gasteiger partial charge < -0.3 is 15.2 Å². The predicted octanol–water partition coefficient (Wildman–Crippen LogP) is 2.37. The van der Waals surface area contributed by atoms with E-state index in [9.17, 15) is 9.90 Å². The number of rotatable bonds is 5. The van der Waals surface area contributed by atoms with Crippen LogP contribution in [0.3, 0.4) is 0 Å². The first-order valence-corrected chi connectivity index (χ1v) is 7.23. The Morgan fingerprint density at radius 3 is 3.05 bits per heavy atom. The number of carbonyl (C=O) groups excluding carboxylic acids is 1. The van der Waals surface area contributed by atoms with Crippen molar-refractivity contribution in [2.24, 2.45) is 5.41 Å². The number of hydrogen-bond donors (Lipinski definition) is 2. The van der Waals surface area contributed by atoms with Crippen molar-refractivity contribution < 1.29 is 14.6 Å². The van der Waals surface area contributed by atoms with Gasteiger partial charge in [0, 0.05) is 17.0 Å². The second-order valence-corrected chi connectivity index (χ2v) is 5.69. The highest BCUT2D eigenvalue weighted by atomic mass is 16.5. The van der Waals surface area contributed by atoms with Gasteiger partial charge in [-0.2, -0.15) is 0 Å². The Morgan fingerprint density at radius 1 is 1.55 bits per heavy atom. The van der Waals surface area contributed by atoms with Crippen LogP contribution in [0.15, 0.2) is 24.3 Å². The standard InChI is InChI=1S/C16H23NO3/c1-3-20-13-7-4-6-12(10-13)15(19)17-14-8-5-9-16(14,2)11-18/h4,6-7,10,14,18H,3,5,8-9,11H2,1-2H3,(H,17,19). The first-order valence-electron chi connectivity index (χ1n) is 7.23. The summed E-state index contributed by atoms with van der Waals surface area (Å²) >= 11 is 0. The molecule has 2 unspecified atom stereocenters. The highest BCUT2D eigenvalue weighted by molar-refractivity contribution is 5.94. The number of carbonyl (C=O) groups is 1. The van der Waals surface area contributed by atoms with Gasteiger partial charge in [-0.15, -0.1) is 0 Å². The van der Waals surface area contributed by atoms with Gasteiger partial charge in [-0.1, -0.05) is 19.4 Å². The zero-order chi connectivity index (χ0) is 14.6. The Bertz CT molecular complexity index is 475. The molecule has 0 saturated heterocycles. The number of benzene rings is 1. The summed E-state index contributed by atoms with van der Waals surface area (Å²) in [6, 6.07) is 7.23. The maximum Gasteiger partial charge on any atom is 0.251 e. The minimum Gasteiger partial charge on any atom is -0.494 e. The van der Waals surface area contributed by atoms with Crippen molar-refractivity contribution in [3.8, 4) is 5.75 Å². The number of ether oxygens (including phenoxy) is 1. The molecular weight excluding hydrogens is 254 g/mol. The van der Waals surface area contributed by atoms with Crippen LogP contribution in [0.5, 0.6) is 5.75 Å². The fourth-order valence-corrected chi connectivity index (χ4v) is 2.80. The highest BCUT2D eigenvalue weighted by Gasteiger charge is 2.39. The summed E-state index contributed by atoms with van der Waals surface area (Å²) in [5.74, 6) is 0.606. The van der Waals surface area contributed by atoms with Crippen molar-refractivity contribution in [1.29, 1.82) is 0 Å². The average Bonchev–Trinajstić information content (AvgIpc) is 2.81. The molecule has 0 radical (unpaired) electrons. The molecule has 0 aromatic heterocycles. The molecule has 110 valence electrons. The van der Waals surface area contributed by atoms with Crippen molar-refractivity contribution in [3.05, 3.63) is 29.8 Å². The summed E-state index contributed by atoms with van der Waals surface area (Å²) in [4.78, 5) is 12.3. The van der Waals surface area contributed by atoms with E-state index in [0.717, 1.165) is 19.3 Å². The van der Waals surface area contributed by atoms with Crippen LogP contribution in [0, 0.1) is 5.41 Å². The first kappa shape index (κ1) is 14.9. The lowest BCUT2D eigenvalue weighted by Crippen LogP contribution is -2.44. The van der Waals surface area contributed by atoms with E-state index in [2.05, 4.69) is 5.32 Å². The van der Waals surface area contributed by atoms with Gasteiger partial charge in [0.05, 0.1) is 13.2 Å². The average molecular weight is 277 g/mol. The van der Waals surface area contributed by atoms with Crippen LogP contribution in [0.4, 0.5) is 0 Å². The number of amides is 1. The molecule has 2 N–H and O–H groups in total. The van der Waals surface area contributed by atoms with Gasteiger partial charge in [-0.3, -0.25) is 4.79 Å². The molecule has 1 aromatic carbocycles. The van der Waals surface area contributed by atoms with Gasteiger partial charge in [0.15, 0.2) is 0 Å². The maximum atomic E-state index is 12.3. The van der Waals surface area contributed by atoms with Crippen molar-refractivity contribution in [1.82, 2.24) is 5.32 Å². The molecule has 20 heavy (non-hydrogen) atoms. The van der Waals surface area contributed by atoms with E-state index < -0.39 is 0 Å². The molecule has 1 aliphatic carbocycles. The quantitative estimate of drug-likeness (QED) is 0.868. The minimum absolute atomic E-state index is 0.0377. The topological polar surface area (TPSA) is 58.6 Å². The Morgan fingerprint density at radius 2 is 2.35 bits per heavy atom. The molecule has 1 fully saturated rings. The van der Waals surface area contributed by atoms with Crippen molar-refractivity contribution in [2.75, 3.05) is 13.2 Å². The van der Waals surface area contributed by atoms with Crippen molar-refractivity contribution in [2.45, 2.75) is 39.2 Å². The summed E-state index contributed by atoms with van der Waals surface area (Å²) in [5.41, 5.74) is 0.399. The molecular formula is C16H23NO3. The Kier molecular flexibility index (Phi) is 4.65. The molecule has 0 aliphatic heterocycles. The number of nitrogens with one attached hydrogen (secondary N) is 1. The zero-order valence-corrected chi connectivity index (χ0v) is 12.2. The molecule has 2 rings (SSSR count). The van der Waals surface area contributed by atoms with E-state index >= 15 is 0 Å². The van der Waals surface area contributed by atoms with Crippen molar-refractivity contribution >= 4 is 5.91 Å². The summed E-state index contributed by atoms with van der Waals surface area (Å²) in [6.45, 7) is 4.63. The molecule has 0 spiro atoms. The van der Waals surface area contributed by atoms with Crippen LogP contribution in [0.25, 0.3) is 0 Å². The summed E-state index contributed by atoms with van der Waals surface area (Å²) in [6.07, 6.45) is 2.92. The fourth-order valence-electron chi connectivity index (χ4n) is 2.80. The summed E-state index contributed by atoms with van der Waals surface area (Å²) < 4.78 is 5.41. The molecule has 0 bridgehead atoms. The van der Waals surface area contributed by atoms with Crippen LogP contribution in [-0.2, 0) is 0 Å². The lowest BCUT2D eigenvalue weighted by molar-refractivity contribution is 0.0830. The molecule has 0 heterocycles. The summed E-state index contributed by atoms with van der Waals surface area (Å²) in [5, 5.41) is 12.6. The van der Waals surface area contributed by atoms with Crippen LogP contribution in [0.2, 0.25) is 0 Å². The Hall–Kier alpha value is -1.55. The lowest BCUT2D eigenvalue weighted by atomic mass is 9.85. The molecule has 4 nitrogen and oxygen atoms in total. The molecule has 1 saturated carbocycles. The van der Waals surface area contributed by atoms with E-state index in [4.69, 9.17) is 4.74 Å². The Balaban J connectivity index is 2.06. The second kappa shape index (κ2) is 6.27. The monoisotopic (exact) mass is 277 g/mol. The van der Waals surface area contributed by atoms with Gasteiger partial charge in [-0.25, -0.2) is 0 Å². The second-order valence-electron chi connectivity index (χ2n) is 5.69. The Labute approximate surface area is 120 Å². The number of hydrogen-bond acceptors (Lipinski definition) is 3. The largest absolute Gasteiger partial charge is 0.494 e. The van der Waals surface area contributed by atoms with Gasteiger partial charge >= 0.3 is 0 Å². The SMILES string of the molecule is CCOc1cccc(C(=O)NC2CCCC2(C)CO)c1. The van der Waals surface area contributed by atoms with E-state index in [1.807, 2.05) is 26.0 Å². The minimum atomic E-state index is -0.201. The molecule has 1 aromatic rings. The molecule has 1 aliphatic rings. The van der Waals surface area contributed by atoms with Gasteiger partial charge in [0.2, 0.25) is 0 Å². The van der Waals surface area contributed by atoms with Gasteiger partial charge in [0.1, 0.15) is 5.75 Å². The van der Waals surface area contributed by atoms with E-state index in [1.54, 1.807) is 12.1 Å². The maximum absolute atomic E-state index is 12.3. The fraction of sp³-hybridized carbons (Fsp3) is 0.562.